The number of ether oxygens (including phenoxy) is 4. The number of hydrogen-bond acceptors (Lipinski definition) is 11. The lowest BCUT2D eigenvalue weighted by atomic mass is 9.75. The van der Waals surface area contributed by atoms with Gasteiger partial charge in [0.1, 0.15) is 6.29 Å². The van der Waals surface area contributed by atoms with Crippen molar-refractivity contribution in [3.05, 3.63) is 69.3 Å². The van der Waals surface area contributed by atoms with Crippen molar-refractivity contribution >= 4 is 63.4 Å². The van der Waals surface area contributed by atoms with Gasteiger partial charge in [0, 0.05) is 64.1 Å². The van der Waals surface area contributed by atoms with Gasteiger partial charge in [0.2, 0.25) is 0 Å². The topological polar surface area (TPSA) is 180 Å². The van der Waals surface area contributed by atoms with Crippen LogP contribution in [0, 0.1) is 13.8 Å². The maximum Gasteiger partial charge on any atom is 0.310 e. The maximum absolute atomic E-state index is 12.9. The molecule has 0 fully saturated rings. The molecule has 3 aromatic rings. The molecule has 280 valence electrons. The van der Waals surface area contributed by atoms with Crippen LogP contribution in [0.25, 0.3) is 33.2 Å². The number of aromatic nitrogens is 4. The highest BCUT2D eigenvalue weighted by molar-refractivity contribution is 6.00. The van der Waals surface area contributed by atoms with Gasteiger partial charge < -0.3 is 33.7 Å². The van der Waals surface area contributed by atoms with Crippen molar-refractivity contribution in [2.45, 2.75) is 84.0 Å². The lowest BCUT2D eigenvalue weighted by Gasteiger charge is -2.25. The molecule has 2 N–H and O–H groups in total. The van der Waals surface area contributed by atoms with Crippen LogP contribution in [-0.4, -0.2) is 78.5 Å². The Morgan fingerprint density at radius 1 is 0.679 bits per heavy atom. The van der Waals surface area contributed by atoms with Gasteiger partial charge >= 0.3 is 23.9 Å². The summed E-state index contributed by atoms with van der Waals surface area (Å²) in [6, 6.07) is 7.53. The molecule has 1 atom stereocenters. The van der Waals surface area contributed by atoms with Gasteiger partial charge in [0.05, 0.1) is 52.7 Å². The quantitative estimate of drug-likeness (QED) is 0.130. The molecule has 5 heterocycles. The largest absolute Gasteiger partial charge is 0.469 e. The lowest BCUT2D eigenvalue weighted by molar-refractivity contribution is -0.141. The molecule has 5 rings (SSSR count). The summed E-state index contributed by atoms with van der Waals surface area (Å²) in [5, 5.41) is 0. The molecule has 0 spiro atoms. The van der Waals surface area contributed by atoms with Gasteiger partial charge in [-0.05, 0) is 84.4 Å². The number of methoxy groups -OCH3 is 4. The van der Waals surface area contributed by atoms with E-state index in [1.54, 1.807) is 0 Å². The number of aryl methyl sites for hydroxylation is 3. The van der Waals surface area contributed by atoms with E-state index in [0.29, 0.717) is 50.4 Å². The number of rotatable bonds is 12. The van der Waals surface area contributed by atoms with E-state index >= 15 is 0 Å². The number of hydrogen-bond donors (Lipinski definition) is 2. The second kappa shape index (κ2) is 16.0. The zero-order chi connectivity index (χ0) is 38.6. The van der Waals surface area contributed by atoms with Crippen LogP contribution in [-0.2, 0) is 61.2 Å². The minimum absolute atomic E-state index is 0.0212. The fourth-order valence-corrected chi connectivity index (χ4v) is 7.09. The van der Waals surface area contributed by atoms with Crippen molar-refractivity contribution < 1.29 is 42.9 Å². The Morgan fingerprint density at radius 3 is 1.83 bits per heavy atom. The zero-order valence-electron chi connectivity index (χ0n) is 31.5. The molecule has 2 aliphatic heterocycles. The molecule has 0 aliphatic carbocycles. The predicted molar refractivity (Wildman–Crippen MR) is 198 cm³/mol. The molecular weight excluding hydrogens is 680 g/mol. The molecule has 8 bridgehead atoms. The summed E-state index contributed by atoms with van der Waals surface area (Å²) in [6.45, 7) is 8.07. The van der Waals surface area contributed by atoms with Crippen LogP contribution in [0.5, 0.6) is 0 Å². The van der Waals surface area contributed by atoms with Crippen LogP contribution in [0.15, 0.2) is 24.3 Å². The first kappa shape index (κ1) is 38.6. The third-order valence-corrected chi connectivity index (χ3v) is 10.5. The fourth-order valence-electron chi connectivity index (χ4n) is 7.09. The third kappa shape index (κ3) is 7.93. The van der Waals surface area contributed by atoms with Gasteiger partial charge in [0.25, 0.3) is 0 Å². The molecule has 1 unspecified atom stereocenters. The zero-order valence-corrected chi connectivity index (χ0v) is 31.5. The van der Waals surface area contributed by atoms with E-state index in [4.69, 9.17) is 28.9 Å². The van der Waals surface area contributed by atoms with Crippen LogP contribution in [0.4, 0.5) is 0 Å². The summed E-state index contributed by atoms with van der Waals surface area (Å²) >= 11 is 0. The summed E-state index contributed by atoms with van der Waals surface area (Å²) in [5.41, 5.74) is 8.96. The average Bonchev–Trinajstić information content (AvgIpc) is 3.78. The van der Waals surface area contributed by atoms with E-state index in [0.717, 1.165) is 34.1 Å². The van der Waals surface area contributed by atoms with E-state index in [2.05, 4.69) is 9.97 Å². The Morgan fingerprint density at radius 2 is 1.21 bits per heavy atom. The predicted octanol–water partition coefficient (Wildman–Crippen LogP) is 5.83. The monoisotopic (exact) mass is 726 g/mol. The SMILES string of the molecule is COC(=O)CCC1=C(CC(=O)OC)c2cc3[nH]c(cc4nc(cc5[nH]c(cc1n2)c(CCC(=O)OC)c5CC(=O)OC)C(C)(C)C4CC=O)c(C)c3C. The van der Waals surface area contributed by atoms with Gasteiger partial charge in [-0.25, -0.2) is 4.98 Å². The minimum atomic E-state index is -0.583. The summed E-state index contributed by atoms with van der Waals surface area (Å²) in [5.74, 6) is -2.08. The van der Waals surface area contributed by atoms with Crippen molar-refractivity contribution in [3.8, 4) is 0 Å². The highest BCUT2D eigenvalue weighted by atomic mass is 16.5. The highest BCUT2D eigenvalue weighted by Crippen LogP contribution is 2.44. The second-order valence-electron chi connectivity index (χ2n) is 13.8. The van der Waals surface area contributed by atoms with Crippen LogP contribution in [0.1, 0.15) is 96.9 Å². The molecule has 53 heavy (non-hydrogen) atoms. The Hall–Kier alpha value is -5.59. The molecular formula is C40H46N4O9. The van der Waals surface area contributed by atoms with Crippen molar-refractivity contribution in [1.29, 1.82) is 0 Å². The van der Waals surface area contributed by atoms with Crippen LogP contribution >= 0.6 is 0 Å². The van der Waals surface area contributed by atoms with Crippen molar-refractivity contribution in [2.75, 3.05) is 28.4 Å². The van der Waals surface area contributed by atoms with E-state index in [1.165, 1.54) is 28.4 Å². The van der Waals surface area contributed by atoms with Crippen LogP contribution in [0.3, 0.4) is 0 Å². The standard InChI is InChI=1S/C40H46N4O9/c1-21-22(2)29-18-34-27(13-14-45)40(3,4)35(44-34)20-33-26(16-39(49)53-8)24(10-12-37(47)51-6)31(43-33)19-30-23(9-11-36(46)50-5)25(15-38(48)52-7)32(42-30)17-28(21)41-29/h14,17-20,27,41,43H,9-13,15-16H2,1-8H3. The average molecular weight is 727 g/mol. The second-order valence-corrected chi connectivity index (χ2v) is 13.8. The lowest BCUT2D eigenvalue weighted by Crippen LogP contribution is -2.22. The fraction of sp³-hybridized carbons (Fsp3) is 0.425. The Labute approximate surface area is 307 Å². The van der Waals surface area contributed by atoms with Gasteiger partial charge in [-0.1, -0.05) is 13.8 Å². The van der Waals surface area contributed by atoms with Gasteiger partial charge in [-0.3, -0.25) is 24.2 Å². The molecule has 0 radical (unpaired) electrons. The number of carbonyl (C=O) groups is 5. The summed E-state index contributed by atoms with van der Waals surface area (Å²) in [4.78, 5) is 79.9. The Bertz CT molecular complexity index is 2170. The normalized spacial score (nSPS) is 14.8. The number of nitrogens with zero attached hydrogens (tertiary/aromatic N) is 2. The van der Waals surface area contributed by atoms with Crippen LogP contribution in [0.2, 0.25) is 0 Å². The number of H-pyrrole nitrogens is 2. The molecule has 13 heteroatoms. The van der Waals surface area contributed by atoms with Crippen molar-refractivity contribution in [3.63, 3.8) is 0 Å². The summed E-state index contributed by atoms with van der Waals surface area (Å²) in [7, 11) is 5.25. The van der Waals surface area contributed by atoms with Crippen LogP contribution < -0.4 is 0 Å². The molecule has 0 aromatic carbocycles. The summed E-state index contributed by atoms with van der Waals surface area (Å²) in [6.07, 6.45) is 1.39. The minimum Gasteiger partial charge on any atom is -0.469 e. The Balaban J connectivity index is 1.99. The van der Waals surface area contributed by atoms with E-state index in [9.17, 15) is 24.0 Å². The first-order chi connectivity index (χ1) is 25.2. The smallest absolute Gasteiger partial charge is 0.310 e. The summed E-state index contributed by atoms with van der Waals surface area (Å²) < 4.78 is 20.1. The van der Waals surface area contributed by atoms with Crippen molar-refractivity contribution in [2.24, 2.45) is 0 Å². The first-order valence-electron chi connectivity index (χ1n) is 17.4. The number of esters is 4. The molecule has 0 saturated carbocycles. The number of carbonyl (C=O) groups excluding carboxylic acids is 5. The first-order valence-corrected chi connectivity index (χ1v) is 17.4. The number of aromatic amines is 2. The molecule has 2 aliphatic rings. The molecule has 0 amide bonds. The number of fused-ring (bicyclic) bond motifs is 8. The van der Waals surface area contributed by atoms with E-state index in [1.807, 2.05) is 52.0 Å². The van der Waals surface area contributed by atoms with E-state index < -0.39 is 29.3 Å². The van der Waals surface area contributed by atoms with Gasteiger partial charge in [-0.2, -0.15) is 0 Å². The number of nitrogens with one attached hydrogen (secondary N) is 2. The number of allylic oxidation sites excluding steroid dienone is 1. The molecule has 0 saturated heterocycles. The maximum atomic E-state index is 12.9. The number of aldehydes is 1. The third-order valence-electron chi connectivity index (χ3n) is 10.5. The molecule has 3 aromatic heterocycles. The van der Waals surface area contributed by atoms with Crippen molar-refractivity contribution in [1.82, 2.24) is 19.9 Å². The van der Waals surface area contributed by atoms with Gasteiger partial charge in [0.15, 0.2) is 0 Å². The van der Waals surface area contributed by atoms with Gasteiger partial charge in [-0.15, -0.1) is 0 Å². The Kier molecular flexibility index (Phi) is 11.6. The van der Waals surface area contributed by atoms with E-state index in [-0.39, 0.29) is 50.9 Å². The molecule has 13 nitrogen and oxygen atoms in total. The highest BCUT2D eigenvalue weighted by Gasteiger charge is 2.39.